The van der Waals surface area contributed by atoms with Crippen molar-refractivity contribution in [2.24, 2.45) is 11.8 Å². The van der Waals surface area contributed by atoms with E-state index in [-0.39, 0.29) is 10.6 Å². The van der Waals surface area contributed by atoms with Crippen LogP contribution in [0.3, 0.4) is 0 Å². The summed E-state index contributed by atoms with van der Waals surface area (Å²) in [6.45, 7) is 3.85. The van der Waals surface area contributed by atoms with E-state index in [1.807, 2.05) is 12.1 Å². The van der Waals surface area contributed by atoms with Crippen molar-refractivity contribution < 1.29 is 4.92 Å². The molecule has 98 valence electrons. The van der Waals surface area contributed by atoms with Gasteiger partial charge < -0.3 is 5.32 Å². The van der Waals surface area contributed by atoms with Crippen LogP contribution in [0.2, 0.25) is 0 Å². The average Bonchev–Trinajstić information content (AvgIpc) is 2.75. The molecule has 0 saturated heterocycles. The summed E-state index contributed by atoms with van der Waals surface area (Å²) < 4.78 is 0. The zero-order valence-corrected chi connectivity index (χ0v) is 10.8. The Kier molecular flexibility index (Phi) is 4.31. The van der Waals surface area contributed by atoms with Gasteiger partial charge in [-0.05, 0) is 31.2 Å². The second kappa shape index (κ2) is 5.96. The van der Waals surface area contributed by atoms with Gasteiger partial charge in [-0.2, -0.15) is 0 Å². The lowest BCUT2D eigenvalue weighted by molar-refractivity contribution is -0.385. The maximum absolute atomic E-state index is 10.9. The van der Waals surface area contributed by atoms with E-state index in [9.17, 15) is 10.1 Å². The minimum atomic E-state index is -0.311. The predicted octanol–water partition coefficient (Wildman–Crippen LogP) is 3.12. The molecule has 18 heavy (non-hydrogen) atoms. The molecule has 1 saturated carbocycles. The quantitative estimate of drug-likeness (QED) is 0.643. The molecule has 1 aliphatic rings. The number of rotatable bonds is 5. The minimum Gasteiger partial charge on any atom is -0.312 e. The topological polar surface area (TPSA) is 55.2 Å². The number of hydrogen-bond acceptors (Lipinski definition) is 3. The molecule has 0 heterocycles. The van der Waals surface area contributed by atoms with Gasteiger partial charge in [-0.1, -0.05) is 31.5 Å². The van der Waals surface area contributed by atoms with Crippen LogP contribution in [0.15, 0.2) is 24.3 Å². The summed E-state index contributed by atoms with van der Waals surface area (Å²) in [4.78, 5) is 10.6. The highest BCUT2D eigenvalue weighted by Crippen LogP contribution is 2.29. The van der Waals surface area contributed by atoms with Gasteiger partial charge in [0.25, 0.3) is 5.69 Å². The lowest BCUT2D eigenvalue weighted by Gasteiger charge is -2.11. The van der Waals surface area contributed by atoms with Crippen LogP contribution in [0.4, 0.5) is 5.69 Å². The summed E-state index contributed by atoms with van der Waals surface area (Å²) in [7, 11) is 0. The van der Waals surface area contributed by atoms with E-state index in [0.29, 0.717) is 6.54 Å². The van der Waals surface area contributed by atoms with Crippen LogP contribution in [0.5, 0.6) is 0 Å². The summed E-state index contributed by atoms with van der Waals surface area (Å²) in [5, 5.41) is 14.2. The number of para-hydroxylation sites is 1. The van der Waals surface area contributed by atoms with Crippen molar-refractivity contribution in [1.29, 1.82) is 0 Å². The van der Waals surface area contributed by atoms with Crippen molar-refractivity contribution in [2.45, 2.75) is 32.7 Å². The van der Waals surface area contributed by atoms with Gasteiger partial charge in [-0.25, -0.2) is 0 Å². The van der Waals surface area contributed by atoms with Crippen LogP contribution >= 0.6 is 0 Å². The maximum atomic E-state index is 10.9. The third-order valence-corrected chi connectivity index (χ3v) is 3.74. The number of nitro groups is 1. The maximum Gasteiger partial charge on any atom is 0.273 e. The van der Waals surface area contributed by atoms with E-state index in [2.05, 4.69) is 12.2 Å². The highest BCUT2D eigenvalue weighted by atomic mass is 16.6. The standard InChI is InChI=1S/C14H20N2O2/c1-11-6-7-12(8-11)9-15-10-13-4-2-3-5-14(13)16(17)18/h2-5,11-12,15H,6-10H2,1H3. The fourth-order valence-electron chi connectivity index (χ4n) is 2.76. The Morgan fingerprint density at radius 1 is 1.39 bits per heavy atom. The molecule has 4 nitrogen and oxygen atoms in total. The van der Waals surface area contributed by atoms with Gasteiger partial charge in [0.05, 0.1) is 4.92 Å². The van der Waals surface area contributed by atoms with Gasteiger partial charge in [-0.3, -0.25) is 10.1 Å². The number of nitro benzene ring substituents is 1. The van der Waals surface area contributed by atoms with Crippen LogP contribution in [-0.4, -0.2) is 11.5 Å². The van der Waals surface area contributed by atoms with Crippen LogP contribution in [0.25, 0.3) is 0 Å². The van der Waals surface area contributed by atoms with E-state index in [1.54, 1.807) is 12.1 Å². The van der Waals surface area contributed by atoms with Crippen molar-refractivity contribution in [3.63, 3.8) is 0 Å². The lowest BCUT2D eigenvalue weighted by Crippen LogP contribution is -2.21. The number of benzene rings is 1. The highest BCUT2D eigenvalue weighted by Gasteiger charge is 2.21. The molecule has 0 amide bonds. The van der Waals surface area contributed by atoms with Crippen molar-refractivity contribution in [2.75, 3.05) is 6.54 Å². The SMILES string of the molecule is CC1CCC(CNCc2ccccc2[N+](=O)[O-])C1. The molecule has 0 bridgehead atoms. The molecule has 1 aromatic rings. The largest absolute Gasteiger partial charge is 0.312 e. The average molecular weight is 248 g/mol. The van der Waals surface area contributed by atoms with Gasteiger partial charge in [0, 0.05) is 18.2 Å². The molecule has 0 spiro atoms. The van der Waals surface area contributed by atoms with E-state index in [4.69, 9.17) is 0 Å². The molecule has 1 N–H and O–H groups in total. The minimum absolute atomic E-state index is 0.213. The molecule has 0 radical (unpaired) electrons. The molecule has 1 fully saturated rings. The van der Waals surface area contributed by atoms with Crippen LogP contribution in [0.1, 0.15) is 31.7 Å². The fourth-order valence-corrected chi connectivity index (χ4v) is 2.76. The van der Waals surface area contributed by atoms with Crippen molar-refractivity contribution in [3.05, 3.63) is 39.9 Å². The van der Waals surface area contributed by atoms with E-state index in [1.165, 1.54) is 19.3 Å². The van der Waals surface area contributed by atoms with Crippen LogP contribution in [-0.2, 0) is 6.54 Å². The second-order valence-electron chi connectivity index (χ2n) is 5.30. The van der Waals surface area contributed by atoms with Gasteiger partial charge in [-0.15, -0.1) is 0 Å². The van der Waals surface area contributed by atoms with Gasteiger partial charge >= 0.3 is 0 Å². The van der Waals surface area contributed by atoms with E-state index < -0.39 is 0 Å². The summed E-state index contributed by atoms with van der Waals surface area (Å²) in [6.07, 6.45) is 3.88. The third kappa shape index (κ3) is 3.29. The fraction of sp³-hybridized carbons (Fsp3) is 0.571. The number of nitrogens with zero attached hydrogens (tertiary/aromatic N) is 1. The summed E-state index contributed by atoms with van der Waals surface area (Å²) in [5.41, 5.74) is 0.985. The van der Waals surface area contributed by atoms with Crippen LogP contribution in [0, 0.1) is 22.0 Å². The first-order valence-corrected chi connectivity index (χ1v) is 6.60. The normalized spacial score (nSPS) is 23.2. The van der Waals surface area contributed by atoms with Gasteiger partial charge in [0.2, 0.25) is 0 Å². The first-order chi connectivity index (χ1) is 8.66. The predicted molar refractivity (Wildman–Crippen MR) is 71.3 cm³/mol. The molecule has 1 aliphatic carbocycles. The third-order valence-electron chi connectivity index (χ3n) is 3.74. The molecular weight excluding hydrogens is 228 g/mol. The Bertz CT molecular complexity index is 420. The first-order valence-electron chi connectivity index (χ1n) is 6.60. The Hall–Kier alpha value is -1.42. The Morgan fingerprint density at radius 2 is 2.17 bits per heavy atom. The number of hydrogen-bond donors (Lipinski definition) is 1. The molecule has 1 aromatic carbocycles. The van der Waals surface area contributed by atoms with Crippen LogP contribution < -0.4 is 5.32 Å². The van der Waals surface area contributed by atoms with Crippen molar-refractivity contribution in [3.8, 4) is 0 Å². The second-order valence-corrected chi connectivity index (χ2v) is 5.30. The summed E-state index contributed by atoms with van der Waals surface area (Å²) in [6, 6.07) is 6.94. The Morgan fingerprint density at radius 3 is 2.83 bits per heavy atom. The molecule has 0 aromatic heterocycles. The smallest absolute Gasteiger partial charge is 0.273 e. The molecular formula is C14H20N2O2. The molecule has 2 atom stereocenters. The molecule has 2 rings (SSSR count). The summed E-state index contributed by atoms with van der Waals surface area (Å²) >= 11 is 0. The zero-order valence-electron chi connectivity index (χ0n) is 10.8. The zero-order chi connectivity index (χ0) is 13.0. The van der Waals surface area contributed by atoms with Crippen molar-refractivity contribution in [1.82, 2.24) is 5.32 Å². The molecule has 0 aliphatic heterocycles. The Labute approximate surface area is 108 Å². The van der Waals surface area contributed by atoms with Crippen molar-refractivity contribution >= 4 is 5.69 Å². The van der Waals surface area contributed by atoms with Gasteiger partial charge in [0.1, 0.15) is 0 Å². The lowest BCUT2D eigenvalue weighted by atomic mass is 10.1. The summed E-state index contributed by atoms with van der Waals surface area (Å²) in [5.74, 6) is 1.57. The van der Waals surface area contributed by atoms with E-state index >= 15 is 0 Å². The number of nitrogens with one attached hydrogen (secondary N) is 1. The Balaban J connectivity index is 1.85. The molecule has 4 heteroatoms. The monoisotopic (exact) mass is 248 g/mol. The van der Waals surface area contributed by atoms with Gasteiger partial charge in [0.15, 0.2) is 0 Å². The van der Waals surface area contributed by atoms with E-state index in [0.717, 1.165) is 23.9 Å². The molecule has 2 unspecified atom stereocenters. The highest BCUT2D eigenvalue weighted by molar-refractivity contribution is 5.39. The first kappa shape index (κ1) is 13.0.